The summed E-state index contributed by atoms with van der Waals surface area (Å²) in [5, 5.41) is 16.1. The van der Waals surface area contributed by atoms with Crippen LogP contribution in [0.5, 0.6) is 0 Å². The van der Waals surface area contributed by atoms with Gasteiger partial charge in [0.15, 0.2) is 0 Å². The van der Waals surface area contributed by atoms with E-state index in [1.54, 1.807) is 25.3 Å². The first kappa shape index (κ1) is 18.0. The van der Waals surface area contributed by atoms with Crippen LogP contribution in [0.15, 0.2) is 33.9 Å². The highest BCUT2D eigenvalue weighted by molar-refractivity contribution is 7.98. The number of nitrogens with one attached hydrogen (secondary N) is 1. The molecule has 1 amide bonds. The summed E-state index contributed by atoms with van der Waals surface area (Å²) in [7, 11) is 0. The van der Waals surface area contributed by atoms with Crippen LogP contribution in [-0.4, -0.2) is 33.2 Å². The summed E-state index contributed by atoms with van der Waals surface area (Å²) < 4.78 is 5.01. The standard InChI is InChI=1S/C16H19N3O4S/c1-3-5-13(16(21)22)18-14(20)12-6-4-7-17-15(12)24-9-11-8-10(2)23-19-11/h4,6-8,13H,3,5,9H2,1-2H3,(H,18,20)(H,21,22). The Labute approximate surface area is 143 Å². The molecule has 0 saturated heterocycles. The second-order valence-corrected chi connectivity index (χ2v) is 6.19. The van der Waals surface area contributed by atoms with Crippen LogP contribution in [0.1, 0.15) is 41.6 Å². The molecule has 0 aliphatic heterocycles. The topological polar surface area (TPSA) is 105 Å². The summed E-state index contributed by atoms with van der Waals surface area (Å²) in [6.07, 6.45) is 2.63. The summed E-state index contributed by atoms with van der Waals surface area (Å²) in [5.41, 5.74) is 1.11. The lowest BCUT2D eigenvalue weighted by Crippen LogP contribution is -2.40. The van der Waals surface area contributed by atoms with E-state index < -0.39 is 17.9 Å². The summed E-state index contributed by atoms with van der Waals surface area (Å²) >= 11 is 1.35. The van der Waals surface area contributed by atoms with Crippen molar-refractivity contribution in [3.05, 3.63) is 41.4 Å². The minimum absolute atomic E-state index is 0.352. The number of rotatable bonds is 8. The van der Waals surface area contributed by atoms with Crippen molar-refractivity contribution >= 4 is 23.6 Å². The minimum atomic E-state index is -1.04. The Morgan fingerprint density at radius 3 is 2.88 bits per heavy atom. The van der Waals surface area contributed by atoms with Crippen LogP contribution in [0.4, 0.5) is 0 Å². The van der Waals surface area contributed by atoms with Crippen molar-refractivity contribution in [2.45, 2.75) is 43.5 Å². The summed E-state index contributed by atoms with van der Waals surface area (Å²) in [6.45, 7) is 3.67. The first-order valence-electron chi connectivity index (χ1n) is 7.55. The normalized spacial score (nSPS) is 11.9. The van der Waals surface area contributed by atoms with Gasteiger partial charge in [0.05, 0.1) is 11.3 Å². The average molecular weight is 349 g/mol. The molecule has 24 heavy (non-hydrogen) atoms. The first-order valence-corrected chi connectivity index (χ1v) is 8.53. The van der Waals surface area contributed by atoms with E-state index in [1.165, 1.54) is 11.8 Å². The number of aliphatic carboxylic acids is 1. The third-order valence-corrected chi connectivity index (χ3v) is 4.27. The number of carboxylic acids is 1. The fourth-order valence-electron chi connectivity index (χ4n) is 2.09. The van der Waals surface area contributed by atoms with Crippen LogP contribution >= 0.6 is 11.8 Å². The second-order valence-electron chi connectivity index (χ2n) is 5.23. The van der Waals surface area contributed by atoms with E-state index >= 15 is 0 Å². The van der Waals surface area contributed by atoms with Crippen LogP contribution in [0.25, 0.3) is 0 Å². The third-order valence-electron chi connectivity index (χ3n) is 3.23. The van der Waals surface area contributed by atoms with E-state index in [4.69, 9.17) is 9.63 Å². The fourth-order valence-corrected chi connectivity index (χ4v) is 2.96. The van der Waals surface area contributed by atoms with E-state index in [-0.39, 0.29) is 0 Å². The molecule has 2 aromatic heterocycles. The lowest BCUT2D eigenvalue weighted by Gasteiger charge is -2.14. The van der Waals surface area contributed by atoms with Crippen molar-refractivity contribution < 1.29 is 19.2 Å². The van der Waals surface area contributed by atoms with Gasteiger partial charge in [0.2, 0.25) is 0 Å². The van der Waals surface area contributed by atoms with Crippen LogP contribution in [0.2, 0.25) is 0 Å². The summed E-state index contributed by atoms with van der Waals surface area (Å²) in [6, 6.07) is 4.19. The molecule has 7 nitrogen and oxygen atoms in total. The monoisotopic (exact) mass is 349 g/mol. The Kier molecular flexibility index (Phi) is 6.36. The number of aryl methyl sites for hydroxylation is 1. The molecule has 0 saturated carbocycles. The van der Waals surface area contributed by atoms with Crippen molar-refractivity contribution in [2.75, 3.05) is 0 Å². The smallest absolute Gasteiger partial charge is 0.326 e. The molecule has 1 unspecified atom stereocenters. The Hall–Kier alpha value is -2.35. The lowest BCUT2D eigenvalue weighted by atomic mass is 10.1. The van der Waals surface area contributed by atoms with Crippen molar-refractivity contribution in [2.24, 2.45) is 0 Å². The maximum absolute atomic E-state index is 12.4. The molecule has 8 heteroatoms. The number of thioether (sulfide) groups is 1. The van der Waals surface area contributed by atoms with Gasteiger partial charge < -0.3 is 14.9 Å². The number of carbonyl (C=O) groups is 2. The molecular weight excluding hydrogens is 330 g/mol. The van der Waals surface area contributed by atoms with E-state index in [1.807, 2.05) is 13.0 Å². The van der Waals surface area contributed by atoms with E-state index in [0.29, 0.717) is 34.9 Å². The fraction of sp³-hybridized carbons (Fsp3) is 0.375. The molecule has 0 aliphatic carbocycles. The van der Waals surface area contributed by atoms with Crippen molar-refractivity contribution in [1.29, 1.82) is 0 Å². The number of amides is 1. The number of nitrogens with zero attached hydrogens (tertiary/aromatic N) is 2. The molecule has 0 radical (unpaired) electrons. The third kappa shape index (κ3) is 4.82. The van der Waals surface area contributed by atoms with Crippen LogP contribution in [-0.2, 0) is 10.5 Å². The molecule has 0 bridgehead atoms. The number of carboxylic acid groups (broad SMARTS) is 1. The predicted molar refractivity (Wildman–Crippen MR) is 88.8 cm³/mol. The maximum Gasteiger partial charge on any atom is 0.326 e. The Balaban J connectivity index is 2.09. The van der Waals surface area contributed by atoms with Crippen molar-refractivity contribution in [3.8, 4) is 0 Å². The van der Waals surface area contributed by atoms with Gasteiger partial charge in [-0.25, -0.2) is 9.78 Å². The molecule has 0 fully saturated rings. The van der Waals surface area contributed by atoms with Gasteiger partial charge in [-0.2, -0.15) is 0 Å². The molecular formula is C16H19N3O4S. The van der Waals surface area contributed by atoms with E-state index in [9.17, 15) is 9.59 Å². The zero-order valence-electron chi connectivity index (χ0n) is 13.5. The molecule has 2 N–H and O–H groups in total. The highest BCUT2D eigenvalue weighted by Gasteiger charge is 2.21. The van der Waals surface area contributed by atoms with Gasteiger partial charge in [-0.15, -0.1) is 0 Å². The van der Waals surface area contributed by atoms with Crippen LogP contribution in [0, 0.1) is 6.92 Å². The van der Waals surface area contributed by atoms with Gasteiger partial charge in [-0.3, -0.25) is 4.79 Å². The summed E-state index contributed by atoms with van der Waals surface area (Å²) in [4.78, 5) is 27.8. The second kappa shape index (κ2) is 8.49. The number of carbonyl (C=O) groups excluding carboxylic acids is 1. The predicted octanol–water partition coefficient (Wildman–Crippen LogP) is 2.65. The van der Waals surface area contributed by atoms with Gasteiger partial charge in [0, 0.05) is 18.0 Å². The van der Waals surface area contributed by atoms with E-state index in [0.717, 1.165) is 5.69 Å². The Morgan fingerprint density at radius 2 is 2.25 bits per heavy atom. The van der Waals surface area contributed by atoms with Gasteiger partial charge in [-0.05, 0) is 25.5 Å². The van der Waals surface area contributed by atoms with Crippen molar-refractivity contribution in [3.63, 3.8) is 0 Å². The van der Waals surface area contributed by atoms with Crippen LogP contribution < -0.4 is 5.32 Å². The molecule has 0 aliphatic rings. The number of pyridine rings is 1. The van der Waals surface area contributed by atoms with Gasteiger partial charge >= 0.3 is 5.97 Å². The molecule has 2 heterocycles. The molecule has 0 spiro atoms. The zero-order chi connectivity index (χ0) is 17.5. The molecule has 0 aromatic carbocycles. The maximum atomic E-state index is 12.4. The SMILES string of the molecule is CCCC(NC(=O)c1cccnc1SCc1cc(C)on1)C(=O)O. The Morgan fingerprint density at radius 1 is 1.46 bits per heavy atom. The Bertz CT molecular complexity index is 717. The average Bonchev–Trinajstić information content (AvgIpc) is 2.98. The van der Waals surface area contributed by atoms with Gasteiger partial charge in [0.1, 0.15) is 16.8 Å². The number of aromatic nitrogens is 2. The molecule has 2 rings (SSSR count). The minimum Gasteiger partial charge on any atom is -0.480 e. The van der Waals surface area contributed by atoms with Gasteiger partial charge in [-0.1, -0.05) is 30.3 Å². The number of hydrogen-bond acceptors (Lipinski definition) is 6. The van der Waals surface area contributed by atoms with Crippen LogP contribution in [0.3, 0.4) is 0 Å². The molecule has 2 aromatic rings. The quantitative estimate of drug-likeness (QED) is 0.706. The van der Waals surface area contributed by atoms with Crippen molar-refractivity contribution in [1.82, 2.24) is 15.5 Å². The first-order chi connectivity index (χ1) is 11.5. The molecule has 1 atom stereocenters. The lowest BCUT2D eigenvalue weighted by molar-refractivity contribution is -0.139. The largest absolute Gasteiger partial charge is 0.480 e. The highest BCUT2D eigenvalue weighted by atomic mass is 32.2. The van der Waals surface area contributed by atoms with Gasteiger partial charge in [0.25, 0.3) is 5.91 Å². The highest BCUT2D eigenvalue weighted by Crippen LogP contribution is 2.24. The number of hydrogen-bond donors (Lipinski definition) is 2. The zero-order valence-corrected chi connectivity index (χ0v) is 14.3. The summed E-state index contributed by atoms with van der Waals surface area (Å²) in [5.74, 6) is -0.260. The van der Waals surface area contributed by atoms with E-state index in [2.05, 4.69) is 15.5 Å². The molecule has 128 valence electrons.